The Bertz CT molecular complexity index is 597. The van der Waals surface area contributed by atoms with Gasteiger partial charge in [-0.05, 0) is 42.9 Å². The zero-order valence-corrected chi connectivity index (χ0v) is 12.5. The molecule has 0 amide bonds. The number of rotatable bonds is 5. The van der Waals surface area contributed by atoms with Gasteiger partial charge in [-0.1, -0.05) is 31.2 Å². The Morgan fingerprint density at radius 2 is 2.14 bits per heavy atom. The third-order valence-corrected chi connectivity index (χ3v) is 3.88. The highest BCUT2D eigenvalue weighted by Gasteiger charge is 2.19. The van der Waals surface area contributed by atoms with Gasteiger partial charge in [0.1, 0.15) is 5.82 Å². The minimum atomic E-state index is 0.351. The van der Waals surface area contributed by atoms with Gasteiger partial charge in [-0.2, -0.15) is 4.98 Å². The van der Waals surface area contributed by atoms with Crippen molar-refractivity contribution in [1.82, 2.24) is 9.97 Å². The van der Waals surface area contributed by atoms with Gasteiger partial charge in [0.15, 0.2) is 0 Å². The highest BCUT2D eigenvalue weighted by Crippen LogP contribution is 2.31. The molecule has 1 aliphatic carbocycles. The quantitative estimate of drug-likeness (QED) is 0.876. The van der Waals surface area contributed by atoms with E-state index in [0.717, 1.165) is 25.2 Å². The number of hydrogen-bond donors (Lipinski definition) is 2. The van der Waals surface area contributed by atoms with Crippen molar-refractivity contribution in [2.24, 2.45) is 0 Å². The van der Waals surface area contributed by atoms with E-state index in [9.17, 15) is 0 Å². The van der Waals surface area contributed by atoms with Crippen LogP contribution in [-0.2, 0) is 6.42 Å². The Morgan fingerprint density at radius 3 is 3.05 bits per heavy atom. The molecule has 1 heterocycles. The summed E-state index contributed by atoms with van der Waals surface area (Å²) in [4.78, 5) is 8.80. The third-order valence-electron chi connectivity index (χ3n) is 3.88. The van der Waals surface area contributed by atoms with Crippen LogP contribution in [0.25, 0.3) is 0 Å². The van der Waals surface area contributed by atoms with Crippen molar-refractivity contribution in [3.8, 4) is 0 Å². The van der Waals surface area contributed by atoms with E-state index in [0.29, 0.717) is 12.0 Å². The standard InChI is InChI=1S/C17H22N4/c1-2-11-18-17-19-12-10-16(21-17)20-15-9-5-7-13-6-3-4-8-14(13)15/h3-4,6,8,10,12,15H,2,5,7,9,11H2,1H3,(H2,18,19,20,21). The molecule has 0 spiro atoms. The van der Waals surface area contributed by atoms with Crippen LogP contribution in [0.2, 0.25) is 0 Å². The van der Waals surface area contributed by atoms with E-state index in [4.69, 9.17) is 0 Å². The Labute approximate surface area is 126 Å². The van der Waals surface area contributed by atoms with Crippen LogP contribution >= 0.6 is 0 Å². The fraction of sp³-hybridized carbons (Fsp3) is 0.412. The van der Waals surface area contributed by atoms with Gasteiger partial charge in [-0.3, -0.25) is 0 Å². The lowest BCUT2D eigenvalue weighted by Gasteiger charge is -2.26. The van der Waals surface area contributed by atoms with Crippen molar-refractivity contribution < 1.29 is 0 Å². The summed E-state index contributed by atoms with van der Waals surface area (Å²) in [5, 5.41) is 6.79. The maximum atomic E-state index is 4.54. The zero-order chi connectivity index (χ0) is 14.5. The maximum absolute atomic E-state index is 4.54. The Morgan fingerprint density at radius 1 is 1.24 bits per heavy atom. The van der Waals surface area contributed by atoms with Gasteiger partial charge < -0.3 is 10.6 Å². The van der Waals surface area contributed by atoms with Crippen LogP contribution in [-0.4, -0.2) is 16.5 Å². The Hall–Kier alpha value is -2.10. The van der Waals surface area contributed by atoms with Gasteiger partial charge in [0.25, 0.3) is 0 Å². The molecule has 1 atom stereocenters. The van der Waals surface area contributed by atoms with E-state index < -0.39 is 0 Å². The fourth-order valence-corrected chi connectivity index (χ4v) is 2.84. The molecule has 1 aromatic heterocycles. The summed E-state index contributed by atoms with van der Waals surface area (Å²) in [6.45, 7) is 3.03. The number of aryl methyl sites for hydroxylation is 1. The van der Waals surface area contributed by atoms with Crippen LogP contribution in [0.4, 0.5) is 11.8 Å². The first kappa shape index (κ1) is 13.9. The summed E-state index contributed by atoms with van der Waals surface area (Å²) in [5.74, 6) is 1.59. The summed E-state index contributed by atoms with van der Waals surface area (Å²) in [6, 6.07) is 11.0. The summed E-state index contributed by atoms with van der Waals surface area (Å²) < 4.78 is 0. The third kappa shape index (κ3) is 3.32. The first-order valence-electron chi connectivity index (χ1n) is 7.78. The average Bonchev–Trinajstić information content (AvgIpc) is 2.54. The average molecular weight is 282 g/mol. The molecular weight excluding hydrogens is 260 g/mol. The second-order valence-electron chi connectivity index (χ2n) is 5.48. The highest BCUT2D eigenvalue weighted by atomic mass is 15.1. The van der Waals surface area contributed by atoms with E-state index in [-0.39, 0.29) is 0 Å². The zero-order valence-electron chi connectivity index (χ0n) is 12.5. The molecule has 4 nitrogen and oxygen atoms in total. The molecule has 110 valence electrons. The molecule has 1 aromatic carbocycles. The molecule has 0 fully saturated rings. The highest BCUT2D eigenvalue weighted by molar-refractivity contribution is 5.44. The molecule has 2 N–H and O–H groups in total. The van der Waals surface area contributed by atoms with E-state index >= 15 is 0 Å². The van der Waals surface area contributed by atoms with Crippen molar-refractivity contribution >= 4 is 11.8 Å². The van der Waals surface area contributed by atoms with Gasteiger partial charge in [0, 0.05) is 12.7 Å². The van der Waals surface area contributed by atoms with Crippen LogP contribution in [0.1, 0.15) is 43.4 Å². The van der Waals surface area contributed by atoms with Crippen LogP contribution in [0.15, 0.2) is 36.5 Å². The number of hydrogen-bond acceptors (Lipinski definition) is 4. The van der Waals surface area contributed by atoms with Crippen molar-refractivity contribution in [2.75, 3.05) is 17.2 Å². The van der Waals surface area contributed by atoms with Crippen molar-refractivity contribution in [3.63, 3.8) is 0 Å². The van der Waals surface area contributed by atoms with E-state index in [1.807, 2.05) is 12.3 Å². The second-order valence-corrected chi connectivity index (χ2v) is 5.48. The normalized spacial score (nSPS) is 17.1. The first-order valence-corrected chi connectivity index (χ1v) is 7.78. The molecule has 0 saturated heterocycles. The Balaban J connectivity index is 1.75. The fourth-order valence-electron chi connectivity index (χ4n) is 2.84. The smallest absolute Gasteiger partial charge is 0.224 e. The van der Waals surface area contributed by atoms with Gasteiger partial charge >= 0.3 is 0 Å². The summed E-state index contributed by atoms with van der Waals surface area (Å²) in [6.07, 6.45) is 6.43. The van der Waals surface area contributed by atoms with Crippen LogP contribution < -0.4 is 10.6 Å². The van der Waals surface area contributed by atoms with E-state index in [1.54, 1.807) is 0 Å². The summed E-state index contributed by atoms with van der Waals surface area (Å²) in [7, 11) is 0. The predicted molar refractivity (Wildman–Crippen MR) is 86.6 cm³/mol. The molecule has 0 saturated carbocycles. The van der Waals surface area contributed by atoms with Crippen LogP contribution in [0.5, 0.6) is 0 Å². The minimum absolute atomic E-state index is 0.351. The SMILES string of the molecule is CCCNc1nccc(NC2CCCc3ccccc32)n1. The monoisotopic (exact) mass is 282 g/mol. The van der Waals surface area contributed by atoms with Gasteiger partial charge in [0.2, 0.25) is 5.95 Å². The molecule has 4 heteroatoms. The van der Waals surface area contributed by atoms with Crippen LogP contribution in [0, 0.1) is 0 Å². The maximum Gasteiger partial charge on any atom is 0.224 e. The first-order chi connectivity index (χ1) is 10.4. The number of nitrogens with zero attached hydrogens (tertiary/aromatic N) is 2. The molecule has 2 aromatic rings. The molecular formula is C17H22N4. The molecule has 21 heavy (non-hydrogen) atoms. The van der Waals surface area contributed by atoms with Crippen molar-refractivity contribution in [1.29, 1.82) is 0 Å². The number of benzene rings is 1. The van der Waals surface area contributed by atoms with Gasteiger partial charge in [-0.25, -0.2) is 4.98 Å². The van der Waals surface area contributed by atoms with Gasteiger partial charge in [0.05, 0.1) is 6.04 Å². The van der Waals surface area contributed by atoms with E-state index in [2.05, 4.69) is 51.8 Å². The second kappa shape index (κ2) is 6.57. The molecule has 0 aliphatic heterocycles. The van der Waals surface area contributed by atoms with Gasteiger partial charge in [-0.15, -0.1) is 0 Å². The number of anilines is 2. The molecule has 1 unspecified atom stereocenters. The number of fused-ring (bicyclic) bond motifs is 1. The largest absolute Gasteiger partial charge is 0.363 e. The van der Waals surface area contributed by atoms with Crippen molar-refractivity contribution in [2.45, 2.75) is 38.6 Å². The lowest BCUT2D eigenvalue weighted by atomic mass is 9.88. The topological polar surface area (TPSA) is 49.8 Å². The van der Waals surface area contributed by atoms with E-state index in [1.165, 1.54) is 24.0 Å². The number of aromatic nitrogens is 2. The Kier molecular flexibility index (Phi) is 4.34. The molecule has 1 aliphatic rings. The molecule has 0 bridgehead atoms. The summed E-state index contributed by atoms with van der Waals surface area (Å²) in [5.41, 5.74) is 2.87. The lowest BCUT2D eigenvalue weighted by Crippen LogP contribution is -2.18. The lowest BCUT2D eigenvalue weighted by molar-refractivity contribution is 0.598. The molecule has 0 radical (unpaired) electrons. The number of nitrogens with one attached hydrogen (secondary N) is 2. The predicted octanol–water partition coefficient (Wildman–Crippen LogP) is 3.79. The molecule has 3 rings (SSSR count). The minimum Gasteiger partial charge on any atom is -0.363 e. The summed E-state index contributed by atoms with van der Waals surface area (Å²) >= 11 is 0. The van der Waals surface area contributed by atoms with Crippen LogP contribution in [0.3, 0.4) is 0 Å². The van der Waals surface area contributed by atoms with Crippen molar-refractivity contribution in [3.05, 3.63) is 47.7 Å².